The van der Waals surface area contributed by atoms with Crippen molar-refractivity contribution in [2.75, 3.05) is 5.75 Å². The molecule has 0 aliphatic heterocycles. The number of thioether (sulfide) groups is 1. The molecule has 0 unspecified atom stereocenters. The van der Waals surface area contributed by atoms with Gasteiger partial charge in [0.1, 0.15) is 0 Å². The Morgan fingerprint density at radius 1 is 1.04 bits per heavy atom. The summed E-state index contributed by atoms with van der Waals surface area (Å²) in [6.45, 7) is 4.16. The number of benzene rings is 2. The van der Waals surface area contributed by atoms with E-state index in [1.807, 2.05) is 59.9 Å². The number of aromatic nitrogens is 4. The van der Waals surface area contributed by atoms with Crippen LogP contribution in [0.4, 0.5) is 0 Å². The molecule has 25 heavy (non-hydrogen) atoms. The molecule has 126 valence electrons. The van der Waals surface area contributed by atoms with Crippen LogP contribution in [0.15, 0.2) is 58.5 Å². The number of hydrogen-bond donors (Lipinski definition) is 0. The molecule has 6 heteroatoms. The van der Waals surface area contributed by atoms with Crippen molar-refractivity contribution in [3.63, 3.8) is 0 Å². The van der Waals surface area contributed by atoms with E-state index >= 15 is 0 Å². The smallest absolute Gasteiger partial charge is 0.267 e. The standard InChI is InChI=1S/C19H18N4OS/c1-3-12-25-19-21-20-18-22(14-10-8-13(2)9-11-14)17(24)15-6-4-5-7-16(15)23(18)19/h4-11H,3,12H2,1-2H3. The van der Waals surface area contributed by atoms with Crippen LogP contribution in [-0.2, 0) is 0 Å². The zero-order valence-electron chi connectivity index (χ0n) is 14.1. The van der Waals surface area contributed by atoms with Gasteiger partial charge in [0.05, 0.1) is 16.6 Å². The normalized spacial score (nSPS) is 11.4. The van der Waals surface area contributed by atoms with Crippen molar-refractivity contribution in [3.05, 3.63) is 64.4 Å². The van der Waals surface area contributed by atoms with E-state index in [1.54, 1.807) is 16.3 Å². The minimum absolute atomic E-state index is 0.0774. The molecule has 0 fully saturated rings. The third-order valence-electron chi connectivity index (χ3n) is 4.12. The number of fused-ring (bicyclic) bond motifs is 3. The largest absolute Gasteiger partial charge is 0.268 e. The maximum absolute atomic E-state index is 13.1. The van der Waals surface area contributed by atoms with Gasteiger partial charge in [-0.1, -0.05) is 48.5 Å². The summed E-state index contributed by atoms with van der Waals surface area (Å²) >= 11 is 1.66. The van der Waals surface area contributed by atoms with Crippen LogP contribution in [-0.4, -0.2) is 24.9 Å². The zero-order chi connectivity index (χ0) is 17.4. The van der Waals surface area contributed by atoms with E-state index in [-0.39, 0.29) is 5.56 Å². The molecule has 5 nitrogen and oxygen atoms in total. The summed E-state index contributed by atoms with van der Waals surface area (Å²) in [4.78, 5) is 13.1. The Morgan fingerprint density at radius 3 is 2.56 bits per heavy atom. The molecule has 0 aliphatic rings. The summed E-state index contributed by atoms with van der Waals surface area (Å²) in [5.41, 5.74) is 2.71. The lowest BCUT2D eigenvalue weighted by Crippen LogP contribution is -2.21. The van der Waals surface area contributed by atoms with Crippen LogP contribution in [0.2, 0.25) is 0 Å². The third-order valence-corrected chi connectivity index (χ3v) is 5.26. The minimum atomic E-state index is -0.0774. The molecule has 0 bridgehead atoms. The minimum Gasteiger partial charge on any atom is -0.268 e. The fraction of sp³-hybridized carbons (Fsp3) is 0.211. The van der Waals surface area contributed by atoms with Gasteiger partial charge in [0, 0.05) is 5.75 Å². The van der Waals surface area contributed by atoms with Gasteiger partial charge >= 0.3 is 0 Å². The first-order valence-corrected chi connectivity index (χ1v) is 9.28. The van der Waals surface area contributed by atoms with Gasteiger partial charge in [-0.25, -0.2) is 4.57 Å². The third kappa shape index (κ3) is 2.62. The van der Waals surface area contributed by atoms with E-state index in [0.717, 1.165) is 34.1 Å². The van der Waals surface area contributed by atoms with Crippen LogP contribution in [0.5, 0.6) is 0 Å². The van der Waals surface area contributed by atoms with E-state index in [9.17, 15) is 4.79 Å². The number of para-hydroxylation sites is 1. The van der Waals surface area contributed by atoms with Gasteiger partial charge in [-0.05, 0) is 37.6 Å². The van der Waals surface area contributed by atoms with Crippen molar-refractivity contribution in [1.29, 1.82) is 0 Å². The highest BCUT2D eigenvalue weighted by Crippen LogP contribution is 2.23. The van der Waals surface area contributed by atoms with E-state index in [4.69, 9.17) is 0 Å². The second-order valence-electron chi connectivity index (χ2n) is 5.96. The van der Waals surface area contributed by atoms with Crippen LogP contribution < -0.4 is 5.56 Å². The lowest BCUT2D eigenvalue weighted by molar-refractivity contribution is 0.927. The van der Waals surface area contributed by atoms with Crippen LogP contribution in [0.3, 0.4) is 0 Å². The predicted molar refractivity (Wildman–Crippen MR) is 102 cm³/mol. The first-order chi connectivity index (χ1) is 12.2. The molecule has 4 rings (SSSR count). The summed E-state index contributed by atoms with van der Waals surface area (Å²) in [5.74, 6) is 1.50. The quantitative estimate of drug-likeness (QED) is 0.525. The molecular formula is C19H18N4OS. The van der Waals surface area contributed by atoms with Crippen molar-refractivity contribution in [1.82, 2.24) is 19.2 Å². The Morgan fingerprint density at radius 2 is 1.80 bits per heavy atom. The summed E-state index contributed by atoms with van der Waals surface area (Å²) in [6, 6.07) is 15.5. The van der Waals surface area contributed by atoms with Crippen LogP contribution in [0.1, 0.15) is 18.9 Å². The predicted octanol–water partition coefficient (Wildman–Crippen LogP) is 3.84. The van der Waals surface area contributed by atoms with Crippen LogP contribution >= 0.6 is 11.8 Å². The Hall–Kier alpha value is -2.60. The molecule has 0 radical (unpaired) electrons. The van der Waals surface area contributed by atoms with Crippen molar-refractivity contribution in [3.8, 4) is 5.69 Å². The molecule has 2 aromatic heterocycles. The van der Waals surface area contributed by atoms with Crippen LogP contribution in [0, 0.1) is 6.92 Å². The highest BCUT2D eigenvalue weighted by Gasteiger charge is 2.17. The van der Waals surface area contributed by atoms with Gasteiger partial charge < -0.3 is 0 Å². The number of rotatable bonds is 4. The second kappa shape index (κ2) is 6.37. The zero-order valence-corrected chi connectivity index (χ0v) is 15.0. The van der Waals surface area contributed by atoms with Crippen LogP contribution in [0.25, 0.3) is 22.4 Å². The first-order valence-electron chi connectivity index (χ1n) is 8.29. The van der Waals surface area contributed by atoms with E-state index < -0.39 is 0 Å². The fourth-order valence-corrected chi connectivity index (χ4v) is 3.69. The monoisotopic (exact) mass is 350 g/mol. The van der Waals surface area contributed by atoms with E-state index in [0.29, 0.717) is 11.2 Å². The molecule has 2 aromatic carbocycles. The molecule has 0 N–H and O–H groups in total. The van der Waals surface area contributed by atoms with Gasteiger partial charge in [-0.3, -0.25) is 9.20 Å². The highest BCUT2D eigenvalue weighted by atomic mass is 32.2. The van der Waals surface area contributed by atoms with Gasteiger partial charge in [0.25, 0.3) is 5.56 Å². The maximum atomic E-state index is 13.1. The first kappa shape index (κ1) is 15.9. The Bertz CT molecular complexity index is 1110. The fourth-order valence-electron chi connectivity index (χ4n) is 2.89. The topological polar surface area (TPSA) is 52.2 Å². The summed E-state index contributed by atoms with van der Waals surface area (Å²) < 4.78 is 3.63. The Kier molecular flexibility index (Phi) is 4.05. The van der Waals surface area contributed by atoms with Crippen molar-refractivity contribution < 1.29 is 0 Å². The molecule has 0 saturated carbocycles. The molecule has 0 amide bonds. The van der Waals surface area contributed by atoms with E-state index in [2.05, 4.69) is 17.1 Å². The van der Waals surface area contributed by atoms with E-state index in [1.165, 1.54) is 0 Å². The average Bonchev–Trinajstić information content (AvgIpc) is 3.05. The van der Waals surface area contributed by atoms with Crippen molar-refractivity contribution in [2.45, 2.75) is 25.4 Å². The molecule has 0 saturated heterocycles. The van der Waals surface area contributed by atoms with Gasteiger partial charge in [0.15, 0.2) is 5.16 Å². The molecule has 2 heterocycles. The SMILES string of the molecule is CCCSc1nnc2n(-c3ccc(C)cc3)c(=O)c3ccccc3n12. The van der Waals surface area contributed by atoms with Gasteiger partial charge in [-0.2, -0.15) is 0 Å². The molecule has 0 aliphatic carbocycles. The summed E-state index contributed by atoms with van der Waals surface area (Å²) in [5, 5.41) is 10.2. The Balaban J connectivity index is 2.11. The average molecular weight is 350 g/mol. The lowest BCUT2D eigenvalue weighted by atomic mass is 10.2. The Labute approximate surface area is 149 Å². The van der Waals surface area contributed by atoms with Crippen molar-refractivity contribution >= 4 is 28.4 Å². The van der Waals surface area contributed by atoms with Gasteiger partial charge in [-0.15, -0.1) is 10.2 Å². The second-order valence-corrected chi connectivity index (χ2v) is 7.02. The molecule has 0 atom stereocenters. The number of aryl methyl sites for hydroxylation is 1. The lowest BCUT2D eigenvalue weighted by Gasteiger charge is -2.11. The number of hydrogen-bond acceptors (Lipinski definition) is 4. The van der Waals surface area contributed by atoms with Gasteiger partial charge in [0.2, 0.25) is 5.78 Å². The number of nitrogens with zero attached hydrogens (tertiary/aromatic N) is 4. The summed E-state index contributed by atoms with van der Waals surface area (Å²) in [7, 11) is 0. The van der Waals surface area contributed by atoms with Crippen molar-refractivity contribution in [2.24, 2.45) is 0 Å². The summed E-state index contributed by atoms with van der Waals surface area (Å²) in [6.07, 6.45) is 1.05. The molecule has 4 aromatic rings. The molecular weight excluding hydrogens is 332 g/mol. The molecule has 0 spiro atoms. The highest BCUT2D eigenvalue weighted by molar-refractivity contribution is 7.99. The maximum Gasteiger partial charge on any atom is 0.267 e.